The highest BCUT2D eigenvalue weighted by Crippen LogP contribution is 1.94. The highest BCUT2D eigenvalue weighted by atomic mass is 16.4. The summed E-state index contributed by atoms with van der Waals surface area (Å²) in [6.45, 7) is 2.56. The summed E-state index contributed by atoms with van der Waals surface area (Å²) in [4.78, 5) is 43.1. The summed E-state index contributed by atoms with van der Waals surface area (Å²) in [5, 5.41) is 21.4. The molecule has 0 aliphatic rings. The van der Waals surface area contributed by atoms with Crippen LogP contribution in [-0.4, -0.2) is 46.0 Å². The Morgan fingerprint density at radius 1 is 1.12 bits per heavy atom. The first-order valence-electron chi connectivity index (χ1n) is 4.76. The lowest BCUT2D eigenvalue weighted by molar-refractivity contribution is -0.147. The van der Waals surface area contributed by atoms with Crippen molar-refractivity contribution in [2.75, 3.05) is 0 Å². The molecule has 0 aliphatic carbocycles. The maximum absolute atomic E-state index is 11.4. The van der Waals surface area contributed by atoms with Gasteiger partial charge in [0.15, 0.2) is 0 Å². The number of hydrogen-bond acceptors (Lipinski definition) is 4. The van der Waals surface area contributed by atoms with Crippen molar-refractivity contribution < 1.29 is 29.4 Å². The fourth-order valence-electron chi connectivity index (χ4n) is 1.04. The molecule has 96 valence electrons. The molecule has 0 aromatic rings. The van der Waals surface area contributed by atoms with E-state index in [9.17, 15) is 19.2 Å². The van der Waals surface area contributed by atoms with Crippen LogP contribution < -0.4 is 10.6 Å². The third-order valence-electron chi connectivity index (χ3n) is 1.81. The summed E-state index contributed by atoms with van der Waals surface area (Å²) in [6.07, 6.45) is -0.728. The highest BCUT2D eigenvalue weighted by molar-refractivity contribution is 5.91. The molecular formula is C9H14N2O6. The fourth-order valence-corrected chi connectivity index (χ4v) is 1.04. The maximum Gasteiger partial charge on any atom is 0.326 e. The van der Waals surface area contributed by atoms with Crippen LogP contribution in [0.15, 0.2) is 0 Å². The van der Waals surface area contributed by atoms with Crippen molar-refractivity contribution in [1.29, 1.82) is 0 Å². The van der Waals surface area contributed by atoms with Crippen LogP contribution in [0.2, 0.25) is 0 Å². The van der Waals surface area contributed by atoms with Gasteiger partial charge in [-0.1, -0.05) is 0 Å². The van der Waals surface area contributed by atoms with E-state index in [1.54, 1.807) is 0 Å². The summed E-state index contributed by atoms with van der Waals surface area (Å²) < 4.78 is 0. The van der Waals surface area contributed by atoms with Gasteiger partial charge in [0, 0.05) is 6.92 Å². The molecular weight excluding hydrogens is 232 g/mol. The van der Waals surface area contributed by atoms with E-state index in [1.807, 2.05) is 5.32 Å². The molecule has 0 aromatic heterocycles. The van der Waals surface area contributed by atoms with Gasteiger partial charge in [0.2, 0.25) is 11.8 Å². The first kappa shape index (κ1) is 14.9. The number of carbonyl (C=O) groups excluding carboxylic acids is 2. The van der Waals surface area contributed by atoms with Crippen LogP contribution in [0.25, 0.3) is 0 Å². The van der Waals surface area contributed by atoms with Crippen molar-refractivity contribution in [1.82, 2.24) is 10.6 Å². The summed E-state index contributed by atoms with van der Waals surface area (Å²) in [7, 11) is 0. The standard InChI is InChI=1S/C9H14N2O6/c1-4(10-5(2)12)8(15)11-6(9(16)17)3-7(13)14/h4,6H,3H2,1-2H3,(H,10,12)(H,11,15)(H,13,14)(H,16,17). The molecule has 0 aliphatic heterocycles. The average molecular weight is 246 g/mol. The van der Waals surface area contributed by atoms with Crippen LogP contribution in [0.5, 0.6) is 0 Å². The van der Waals surface area contributed by atoms with E-state index < -0.39 is 42.3 Å². The highest BCUT2D eigenvalue weighted by Gasteiger charge is 2.25. The lowest BCUT2D eigenvalue weighted by Crippen LogP contribution is -2.50. The molecule has 2 amide bonds. The van der Waals surface area contributed by atoms with Crippen LogP contribution in [0.1, 0.15) is 20.3 Å². The van der Waals surface area contributed by atoms with Gasteiger partial charge in [-0.05, 0) is 6.92 Å². The maximum atomic E-state index is 11.4. The topological polar surface area (TPSA) is 133 Å². The van der Waals surface area contributed by atoms with Gasteiger partial charge in [-0.15, -0.1) is 0 Å². The Kier molecular flexibility index (Phi) is 5.65. The van der Waals surface area contributed by atoms with E-state index in [4.69, 9.17) is 10.2 Å². The van der Waals surface area contributed by atoms with Gasteiger partial charge in [-0.3, -0.25) is 14.4 Å². The number of nitrogens with one attached hydrogen (secondary N) is 2. The average Bonchev–Trinajstić information content (AvgIpc) is 2.14. The number of hydrogen-bond donors (Lipinski definition) is 4. The van der Waals surface area contributed by atoms with Gasteiger partial charge < -0.3 is 20.8 Å². The third kappa shape index (κ3) is 6.13. The number of rotatable bonds is 6. The Labute approximate surface area is 97.0 Å². The molecule has 2 atom stereocenters. The molecule has 0 rings (SSSR count). The van der Waals surface area contributed by atoms with E-state index in [0.29, 0.717) is 0 Å². The molecule has 8 heteroatoms. The zero-order valence-electron chi connectivity index (χ0n) is 9.39. The molecule has 0 saturated carbocycles. The largest absolute Gasteiger partial charge is 0.481 e. The molecule has 17 heavy (non-hydrogen) atoms. The van der Waals surface area contributed by atoms with E-state index in [-0.39, 0.29) is 0 Å². The second-order valence-electron chi connectivity index (χ2n) is 3.42. The Balaban J connectivity index is 4.44. The summed E-state index contributed by atoms with van der Waals surface area (Å²) in [5.41, 5.74) is 0. The third-order valence-corrected chi connectivity index (χ3v) is 1.81. The van der Waals surface area contributed by atoms with Crippen LogP contribution in [0.4, 0.5) is 0 Å². The number of aliphatic carboxylic acids is 2. The van der Waals surface area contributed by atoms with Gasteiger partial charge in [0.1, 0.15) is 12.1 Å². The van der Waals surface area contributed by atoms with Crippen molar-refractivity contribution in [2.24, 2.45) is 0 Å². The SMILES string of the molecule is CC(=O)NC(C)C(=O)NC(CC(=O)O)C(=O)O. The van der Waals surface area contributed by atoms with Crippen LogP contribution in [0.3, 0.4) is 0 Å². The van der Waals surface area contributed by atoms with Crippen LogP contribution in [0, 0.1) is 0 Å². The number of amides is 2. The molecule has 0 heterocycles. The van der Waals surface area contributed by atoms with Gasteiger partial charge in [-0.25, -0.2) is 4.79 Å². The predicted octanol–water partition coefficient (Wildman–Crippen LogP) is -1.44. The van der Waals surface area contributed by atoms with Gasteiger partial charge in [0.05, 0.1) is 6.42 Å². The minimum absolute atomic E-state index is 0.447. The summed E-state index contributed by atoms with van der Waals surface area (Å²) in [5.74, 6) is -3.99. The number of carbonyl (C=O) groups is 4. The zero-order valence-corrected chi connectivity index (χ0v) is 9.39. The summed E-state index contributed by atoms with van der Waals surface area (Å²) in [6, 6.07) is -2.45. The van der Waals surface area contributed by atoms with Gasteiger partial charge in [0.25, 0.3) is 0 Å². The van der Waals surface area contributed by atoms with E-state index in [1.165, 1.54) is 13.8 Å². The quantitative estimate of drug-likeness (QED) is 0.453. The molecule has 0 saturated heterocycles. The second kappa shape index (κ2) is 6.46. The molecule has 4 N–H and O–H groups in total. The number of carboxylic acids is 2. The van der Waals surface area contributed by atoms with Crippen LogP contribution in [-0.2, 0) is 19.2 Å². The Morgan fingerprint density at radius 3 is 2.00 bits per heavy atom. The second-order valence-corrected chi connectivity index (χ2v) is 3.42. The van der Waals surface area contributed by atoms with Crippen molar-refractivity contribution in [3.05, 3.63) is 0 Å². The molecule has 0 radical (unpaired) electrons. The van der Waals surface area contributed by atoms with Crippen molar-refractivity contribution in [3.8, 4) is 0 Å². The molecule has 0 bridgehead atoms. The van der Waals surface area contributed by atoms with E-state index in [2.05, 4.69) is 5.32 Å². The lowest BCUT2D eigenvalue weighted by Gasteiger charge is -2.16. The van der Waals surface area contributed by atoms with Gasteiger partial charge in [-0.2, -0.15) is 0 Å². The first-order chi connectivity index (χ1) is 7.73. The monoisotopic (exact) mass is 246 g/mol. The minimum atomic E-state index is -1.52. The van der Waals surface area contributed by atoms with Crippen molar-refractivity contribution >= 4 is 23.8 Å². The normalized spacial score (nSPS) is 13.3. The van der Waals surface area contributed by atoms with Crippen LogP contribution >= 0.6 is 0 Å². The predicted molar refractivity (Wildman–Crippen MR) is 55.1 cm³/mol. The van der Waals surface area contributed by atoms with Gasteiger partial charge >= 0.3 is 11.9 Å². The molecule has 0 aromatic carbocycles. The van der Waals surface area contributed by atoms with Crippen molar-refractivity contribution in [2.45, 2.75) is 32.4 Å². The lowest BCUT2D eigenvalue weighted by atomic mass is 10.2. The summed E-state index contributed by atoms with van der Waals surface area (Å²) >= 11 is 0. The molecule has 0 fully saturated rings. The fraction of sp³-hybridized carbons (Fsp3) is 0.556. The smallest absolute Gasteiger partial charge is 0.326 e. The molecule has 8 nitrogen and oxygen atoms in total. The molecule has 0 spiro atoms. The number of carboxylic acid groups (broad SMARTS) is 2. The Morgan fingerprint density at radius 2 is 1.65 bits per heavy atom. The van der Waals surface area contributed by atoms with E-state index >= 15 is 0 Å². The Hall–Kier alpha value is -2.12. The minimum Gasteiger partial charge on any atom is -0.481 e. The van der Waals surface area contributed by atoms with Crippen molar-refractivity contribution in [3.63, 3.8) is 0 Å². The molecule has 2 unspecified atom stereocenters. The van der Waals surface area contributed by atoms with E-state index in [0.717, 1.165) is 0 Å². The zero-order chi connectivity index (χ0) is 13.6. The first-order valence-corrected chi connectivity index (χ1v) is 4.76. The Bertz CT molecular complexity index is 340.